The van der Waals surface area contributed by atoms with Crippen molar-refractivity contribution in [2.75, 3.05) is 0 Å². The maximum Gasteiger partial charge on any atom is 0.146 e. The van der Waals surface area contributed by atoms with Gasteiger partial charge in [-0.05, 0) is 30.3 Å². The summed E-state index contributed by atoms with van der Waals surface area (Å²) >= 11 is 10.6. The molecular formula is C12H8ClFN2OS. The SMILES string of the molecule is NC(=S)c1ccc(Oc2ccc(F)cc2Cl)cn1. The minimum atomic E-state index is -0.422. The molecule has 1 aromatic carbocycles. The van der Waals surface area contributed by atoms with Crippen molar-refractivity contribution in [3.05, 3.63) is 53.1 Å². The summed E-state index contributed by atoms with van der Waals surface area (Å²) in [6, 6.07) is 7.17. The van der Waals surface area contributed by atoms with E-state index in [1.807, 2.05) is 0 Å². The Morgan fingerprint density at radius 2 is 2.11 bits per heavy atom. The molecule has 0 aliphatic heterocycles. The summed E-state index contributed by atoms with van der Waals surface area (Å²) in [6.45, 7) is 0. The number of benzene rings is 1. The highest BCUT2D eigenvalue weighted by Gasteiger charge is 2.05. The standard InChI is InChI=1S/C12H8ClFN2OS/c13-9-5-7(14)1-4-11(9)17-8-2-3-10(12(15)18)16-6-8/h1-6H,(H2,15,18). The van der Waals surface area contributed by atoms with Crippen LogP contribution in [0.4, 0.5) is 4.39 Å². The summed E-state index contributed by atoms with van der Waals surface area (Å²) in [4.78, 5) is 4.22. The lowest BCUT2D eigenvalue weighted by Gasteiger charge is -2.07. The van der Waals surface area contributed by atoms with Gasteiger partial charge in [-0.15, -0.1) is 0 Å². The molecule has 92 valence electrons. The Bertz CT molecular complexity index is 589. The number of hydrogen-bond acceptors (Lipinski definition) is 3. The van der Waals surface area contributed by atoms with E-state index in [-0.39, 0.29) is 10.0 Å². The zero-order valence-electron chi connectivity index (χ0n) is 9.06. The number of halogens is 2. The number of thiocarbonyl (C=S) groups is 1. The fourth-order valence-electron chi connectivity index (χ4n) is 1.27. The molecule has 0 saturated heterocycles. The molecule has 0 bridgehead atoms. The van der Waals surface area contributed by atoms with Gasteiger partial charge in [0.1, 0.15) is 22.3 Å². The van der Waals surface area contributed by atoms with Crippen LogP contribution in [0.2, 0.25) is 5.02 Å². The second-order valence-electron chi connectivity index (χ2n) is 3.42. The van der Waals surface area contributed by atoms with Crippen LogP contribution >= 0.6 is 23.8 Å². The van der Waals surface area contributed by atoms with Gasteiger partial charge in [-0.2, -0.15) is 0 Å². The lowest BCUT2D eigenvalue weighted by Crippen LogP contribution is -2.10. The van der Waals surface area contributed by atoms with Crippen molar-refractivity contribution in [2.24, 2.45) is 5.73 Å². The summed E-state index contributed by atoms with van der Waals surface area (Å²) < 4.78 is 18.3. The van der Waals surface area contributed by atoms with Gasteiger partial charge in [0.25, 0.3) is 0 Å². The molecule has 1 heterocycles. The molecule has 18 heavy (non-hydrogen) atoms. The molecule has 0 aliphatic rings. The summed E-state index contributed by atoms with van der Waals surface area (Å²) in [7, 11) is 0. The Morgan fingerprint density at radius 1 is 1.33 bits per heavy atom. The monoisotopic (exact) mass is 282 g/mol. The molecule has 0 radical (unpaired) electrons. The molecule has 6 heteroatoms. The first-order valence-electron chi connectivity index (χ1n) is 4.95. The van der Waals surface area contributed by atoms with E-state index in [4.69, 9.17) is 34.3 Å². The summed E-state index contributed by atoms with van der Waals surface area (Å²) in [5, 5.41) is 0.188. The summed E-state index contributed by atoms with van der Waals surface area (Å²) in [5.41, 5.74) is 5.92. The van der Waals surface area contributed by atoms with Gasteiger partial charge >= 0.3 is 0 Å². The number of pyridine rings is 1. The maximum absolute atomic E-state index is 12.8. The van der Waals surface area contributed by atoms with Crippen LogP contribution in [0.1, 0.15) is 5.69 Å². The van der Waals surface area contributed by atoms with E-state index in [0.29, 0.717) is 17.2 Å². The third-order valence-electron chi connectivity index (χ3n) is 2.11. The van der Waals surface area contributed by atoms with Gasteiger partial charge in [0, 0.05) is 0 Å². The van der Waals surface area contributed by atoms with Crippen molar-refractivity contribution < 1.29 is 9.13 Å². The molecule has 0 saturated carbocycles. The molecule has 2 aromatic rings. The molecule has 0 fully saturated rings. The van der Waals surface area contributed by atoms with Crippen LogP contribution in [0, 0.1) is 5.82 Å². The van der Waals surface area contributed by atoms with Gasteiger partial charge in [0.05, 0.1) is 16.9 Å². The quantitative estimate of drug-likeness (QED) is 0.878. The summed E-state index contributed by atoms with van der Waals surface area (Å²) in [5.74, 6) is 0.390. The number of nitrogens with two attached hydrogens (primary N) is 1. The summed E-state index contributed by atoms with van der Waals surface area (Å²) in [6.07, 6.45) is 1.47. The van der Waals surface area contributed by atoms with E-state index in [1.165, 1.54) is 24.4 Å². The van der Waals surface area contributed by atoms with Crippen LogP contribution in [0.25, 0.3) is 0 Å². The number of rotatable bonds is 3. The molecule has 3 nitrogen and oxygen atoms in total. The largest absolute Gasteiger partial charge is 0.454 e. The highest BCUT2D eigenvalue weighted by Crippen LogP contribution is 2.29. The molecule has 0 amide bonds. The number of nitrogens with zero attached hydrogens (tertiary/aromatic N) is 1. The fraction of sp³-hybridized carbons (Fsp3) is 0. The van der Waals surface area contributed by atoms with Crippen LogP contribution in [-0.4, -0.2) is 9.97 Å². The molecular weight excluding hydrogens is 275 g/mol. The Labute approximate surface area is 113 Å². The molecule has 2 N–H and O–H groups in total. The van der Waals surface area contributed by atoms with E-state index in [1.54, 1.807) is 12.1 Å². The second-order valence-corrected chi connectivity index (χ2v) is 4.27. The van der Waals surface area contributed by atoms with Crippen molar-refractivity contribution >= 4 is 28.8 Å². The third kappa shape index (κ3) is 2.94. The highest BCUT2D eigenvalue weighted by molar-refractivity contribution is 7.80. The zero-order chi connectivity index (χ0) is 13.1. The predicted octanol–water partition coefficient (Wildman–Crippen LogP) is 3.30. The first kappa shape index (κ1) is 12.7. The number of hydrogen-bond donors (Lipinski definition) is 1. The van der Waals surface area contributed by atoms with Crippen molar-refractivity contribution in [3.8, 4) is 11.5 Å². The van der Waals surface area contributed by atoms with Crippen molar-refractivity contribution in [3.63, 3.8) is 0 Å². The van der Waals surface area contributed by atoms with Crippen LogP contribution in [0.15, 0.2) is 36.5 Å². The van der Waals surface area contributed by atoms with Crippen LogP contribution in [0.3, 0.4) is 0 Å². The number of aromatic nitrogens is 1. The molecule has 0 unspecified atom stereocenters. The minimum Gasteiger partial charge on any atom is -0.454 e. The van der Waals surface area contributed by atoms with E-state index >= 15 is 0 Å². The molecule has 0 spiro atoms. The molecule has 0 aliphatic carbocycles. The van der Waals surface area contributed by atoms with Crippen LogP contribution in [0.5, 0.6) is 11.5 Å². The Balaban J connectivity index is 2.21. The topological polar surface area (TPSA) is 48.1 Å². The lowest BCUT2D eigenvalue weighted by molar-refractivity contribution is 0.478. The van der Waals surface area contributed by atoms with Crippen LogP contribution < -0.4 is 10.5 Å². The van der Waals surface area contributed by atoms with Gasteiger partial charge in [-0.3, -0.25) is 0 Å². The Kier molecular flexibility index (Phi) is 3.74. The van der Waals surface area contributed by atoms with Crippen molar-refractivity contribution in [1.82, 2.24) is 4.98 Å². The van der Waals surface area contributed by atoms with E-state index < -0.39 is 5.82 Å². The first-order chi connectivity index (χ1) is 8.56. The highest BCUT2D eigenvalue weighted by atomic mass is 35.5. The normalized spacial score (nSPS) is 10.1. The Hall–Kier alpha value is -1.72. The van der Waals surface area contributed by atoms with E-state index in [2.05, 4.69) is 4.98 Å². The predicted molar refractivity (Wildman–Crippen MR) is 71.6 cm³/mol. The maximum atomic E-state index is 12.8. The van der Waals surface area contributed by atoms with Crippen LogP contribution in [-0.2, 0) is 0 Å². The molecule has 0 atom stereocenters. The van der Waals surface area contributed by atoms with Gasteiger partial charge in [-0.1, -0.05) is 23.8 Å². The van der Waals surface area contributed by atoms with Gasteiger partial charge < -0.3 is 10.5 Å². The average Bonchev–Trinajstić information content (AvgIpc) is 2.33. The van der Waals surface area contributed by atoms with Gasteiger partial charge in [-0.25, -0.2) is 9.37 Å². The van der Waals surface area contributed by atoms with E-state index in [9.17, 15) is 4.39 Å². The minimum absolute atomic E-state index is 0.188. The Morgan fingerprint density at radius 3 is 2.67 bits per heavy atom. The fourth-order valence-corrected chi connectivity index (χ4v) is 1.60. The first-order valence-corrected chi connectivity index (χ1v) is 5.73. The number of ether oxygens (including phenoxy) is 1. The molecule has 2 rings (SSSR count). The molecule has 1 aromatic heterocycles. The average molecular weight is 283 g/mol. The van der Waals surface area contributed by atoms with Gasteiger partial charge in [0.15, 0.2) is 0 Å². The lowest BCUT2D eigenvalue weighted by atomic mass is 10.3. The van der Waals surface area contributed by atoms with Crippen molar-refractivity contribution in [2.45, 2.75) is 0 Å². The van der Waals surface area contributed by atoms with Crippen molar-refractivity contribution in [1.29, 1.82) is 0 Å². The zero-order valence-corrected chi connectivity index (χ0v) is 10.6. The second kappa shape index (κ2) is 5.29. The third-order valence-corrected chi connectivity index (χ3v) is 2.62. The van der Waals surface area contributed by atoms with E-state index in [0.717, 1.165) is 0 Å². The van der Waals surface area contributed by atoms with Gasteiger partial charge in [0.2, 0.25) is 0 Å². The smallest absolute Gasteiger partial charge is 0.146 e.